The average Bonchev–Trinajstić information content (AvgIpc) is 3.03. The second kappa shape index (κ2) is 8.65. The number of nitrogens with one attached hydrogen (secondary N) is 1. The molecule has 2 fully saturated rings. The summed E-state index contributed by atoms with van der Waals surface area (Å²) in [6.45, 7) is 4.70. The van der Waals surface area contributed by atoms with Gasteiger partial charge >= 0.3 is 6.09 Å². The standard InChI is InChI=1S/C18H22N4O4/c19-11-14-2-1-3-15(10-14)12-22-16(13-26-18(22)24)17(23)20-4-5-21-6-8-25-9-7-21/h1-3,10,16H,4-9,12-13H2,(H,20,23)/t16-/m0/s1. The fourth-order valence-corrected chi connectivity index (χ4v) is 3.06. The lowest BCUT2D eigenvalue weighted by Crippen LogP contribution is -2.48. The third kappa shape index (κ3) is 4.50. The molecule has 138 valence electrons. The maximum absolute atomic E-state index is 12.5. The summed E-state index contributed by atoms with van der Waals surface area (Å²) >= 11 is 0. The molecule has 8 heteroatoms. The lowest BCUT2D eigenvalue weighted by Gasteiger charge is -2.27. The first-order chi connectivity index (χ1) is 12.7. The van der Waals surface area contributed by atoms with Crippen LogP contribution in [-0.4, -0.2) is 73.8 Å². The molecule has 1 aromatic carbocycles. The van der Waals surface area contributed by atoms with Crippen molar-refractivity contribution in [3.8, 4) is 6.07 Å². The van der Waals surface area contributed by atoms with Crippen molar-refractivity contribution in [1.29, 1.82) is 5.26 Å². The van der Waals surface area contributed by atoms with Gasteiger partial charge in [-0.15, -0.1) is 0 Å². The van der Waals surface area contributed by atoms with Gasteiger partial charge in [0.2, 0.25) is 5.91 Å². The first-order valence-electron chi connectivity index (χ1n) is 8.67. The van der Waals surface area contributed by atoms with Gasteiger partial charge in [0.15, 0.2) is 0 Å². The third-order valence-electron chi connectivity index (χ3n) is 4.52. The second-order valence-corrected chi connectivity index (χ2v) is 6.28. The molecule has 0 radical (unpaired) electrons. The summed E-state index contributed by atoms with van der Waals surface area (Å²) in [5.74, 6) is -0.222. The van der Waals surface area contributed by atoms with E-state index in [2.05, 4.69) is 16.3 Å². The van der Waals surface area contributed by atoms with E-state index in [1.807, 2.05) is 6.07 Å². The van der Waals surface area contributed by atoms with Crippen molar-refractivity contribution in [1.82, 2.24) is 15.1 Å². The fourth-order valence-electron chi connectivity index (χ4n) is 3.06. The first-order valence-corrected chi connectivity index (χ1v) is 8.67. The van der Waals surface area contributed by atoms with Gasteiger partial charge in [-0.1, -0.05) is 12.1 Å². The van der Waals surface area contributed by atoms with Crippen molar-refractivity contribution in [2.45, 2.75) is 12.6 Å². The summed E-state index contributed by atoms with van der Waals surface area (Å²) in [6.07, 6.45) is -0.513. The Morgan fingerprint density at radius 3 is 2.92 bits per heavy atom. The number of ether oxygens (including phenoxy) is 2. The Balaban J connectivity index is 1.54. The molecule has 2 heterocycles. The molecule has 0 saturated carbocycles. The molecular formula is C18H22N4O4. The van der Waals surface area contributed by atoms with Crippen molar-refractivity contribution in [3.05, 3.63) is 35.4 Å². The summed E-state index contributed by atoms with van der Waals surface area (Å²) in [6, 6.07) is 8.39. The molecule has 2 saturated heterocycles. The normalized spacial score (nSPS) is 20.5. The largest absolute Gasteiger partial charge is 0.447 e. The number of cyclic esters (lactones) is 1. The van der Waals surface area contributed by atoms with Crippen LogP contribution in [0.2, 0.25) is 0 Å². The molecule has 2 aliphatic rings. The smallest absolute Gasteiger partial charge is 0.410 e. The molecule has 2 amide bonds. The third-order valence-corrected chi connectivity index (χ3v) is 4.52. The van der Waals surface area contributed by atoms with E-state index in [0.717, 1.165) is 25.2 Å². The molecule has 0 aliphatic carbocycles. The first kappa shape index (κ1) is 18.2. The molecule has 26 heavy (non-hydrogen) atoms. The monoisotopic (exact) mass is 358 g/mol. The lowest BCUT2D eigenvalue weighted by atomic mass is 10.1. The molecule has 0 spiro atoms. The molecule has 1 aromatic rings. The number of hydrogen-bond acceptors (Lipinski definition) is 6. The number of rotatable bonds is 6. The summed E-state index contributed by atoms with van der Waals surface area (Å²) in [4.78, 5) is 28.1. The van der Waals surface area contributed by atoms with Gasteiger partial charge in [0.25, 0.3) is 0 Å². The second-order valence-electron chi connectivity index (χ2n) is 6.28. The van der Waals surface area contributed by atoms with E-state index in [9.17, 15) is 9.59 Å². The highest BCUT2D eigenvalue weighted by atomic mass is 16.6. The average molecular weight is 358 g/mol. The Labute approximate surface area is 152 Å². The van der Waals surface area contributed by atoms with Crippen molar-refractivity contribution in [2.75, 3.05) is 46.0 Å². The molecule has 8 nitrogen and oxygen atoms in total. The fraction of sp³-hybridized carbons (Fsp3) is 0.500. The topological polar surface area (TPSA) is 94.9 Å². The van der Waals surface area contributed by atoms with Gasteiger partial charge in [0, 0.05) is 26.2 Å². The van der Waals surface area contributed by atoms with Crippen LogP contribution in [0.5, 0.6) is 0 Å². The molecule has 0 unspecified atom stereocenters. The number of carbonyl (C=O) groups is 2. The highest BCUT2D eigenvalue weighted by molar-refractivity contribution is 5.87. The maximum Gasteiger partial charge on any atom is 0.410 e. The minimum atomic E-state index is -0.655. The molecular weight excluding hydrogens is 336 g/mol. The maximum atomic E-state index is 12.5. The van der Waals surface area contributed by atoms with E-state index in [1.165, 1.54) is 4.90 Å². The summed E-state index contributed by atoms with van der Waals surface area (Å²) < 4.78 is 10.4. The van der Waals surface area contributed by atoms with Crippen LogP contribution < -0.4 is 5.32 Å². The Morgan fingerprint density at radius 1 is 1.35 bits per heavy atom. The van der Waals surface area contributed by atoms with Gasteiger partial charge < -0.3 is 14.8 Å². The number of carbonyl (C=O) groups excluding carboxylic acids is 2. The Morgan fingerprint density at radius 2 is 2.15 bits per heavy atom. The highest BCUT2D eigenvalue weighted by Crippen LogP contribution is 2.17. The zero-order valence-electron chi connectivity index (χ0n) is 14.5. The van der Waals surface area contributed by atoms with E-state index in [-0.39, 0.29) is 19.1 Å². The molecule has 1 N–H and O–H groups in total. The van der Waals surface area contributed by atoms with Crippen LogP contribution in [0.3, 0.4) is 0 Å². The summed E-state index contributed by atoms with van der Waals surface area (Å²) in [5.41, 5.74) is 1.30. The Hall–Kier alpha value is -2.63. The SMILES string of the molecule is N#Cc1cccc(CN2C(=O)OC[C@H]2C(=O)NCCN2CCOCC2)c1. The van der Waals surface area contributed by atoms with Gasteiger partial charge in [-0.3, -0.25) is 14.6 Å². The molecule has 1 atom stereocenters. The van der Waals surface area contributed by atoms with Crippen LogP contribution in [0.15, 0.2) is 24.3 Å². The van der Waals surface area contributed by atoms with Crippen LogP contribution in [0.1, 0.15) is 11.1 Å². The number of hydrogen-bond donors (Lipinski definition) is 1. The highest BCUT2D eigenvalue weighted by Gasteiger charge is 2.37. The van der Waals surface area contributed by atoms with Crippen LogP contribution in [-0.2, 0) is 20.8 Å². The van der Waals surface area contributed by atoms with Crippen LogP contribution >= 0.6 is 0 Å². The molecule has 0 bridgehead atoms. The van der Waals surface area contributed by atoms with E-state index < -0.39 is 12.1 Å². The van der Waals surface area contributed by atoms with Gasteiger partial charge in [-0.25, -0.2) is 4.79 Å². The van der Waals surface area contributed by atoms with Gasteiger partial charge in [0.05, 0.1) is 31.4 Å². The predicted molar refractivity (Wildman–Crippen MR) is 92.1 cm³/mol. The van der Waals surface area contributed by atoms with E-state index in [1.54, 1.807) is 18.2 Å². The van der Waals surface area contributed by atoms with Crippen LogP contribution in [0.4, 0.5) is 4.79 Å². The van der Waals surface area contributed by atoms with Crippen molar-refractivity contribution < 1.29 is 19.1 Å². The van der Waals surface area contributed by atoms with E-state index in [4.69, 9.17) is 14.7 Å². The van der Waals surface area contributed by atoms with Gasteiger partial charge in [-0.05, 0) is 17.7 Å². The van der Waals surface area contributed by atoms with Crippen molar-refractivity contribution in [3.63, 3.8) is 0 Å². The van der Waals surface area contributed by atoms with Gasteiger partial charge in [0.1, 0.15) is 12.6 Å². The minimum Gasteiger partial charge on any atom is -0.447 e. The summed E-state index contributed by atoms with van der Waals surface area (Å²) in [5, 5.41) is 11.9. The quantitative estimate of drug-likeness (QED) is 0.787. The Kier molecular flexibility index (Phi) is 6.04. The van der Waals surface area contributed by atoms with Crippen LogP contribution in [0.25, 0.3) is 0 Å². The van der Waals surface area contributed by atoms with E-state index in [0.29, 0.717) is 25.3 Å². The molecule has 3 rings (SSSR count). The van der Waals surface area contributed by atoms with E-state index >= 15 is 0 Å². The van der Waals surface area contributed by atoms with Crippen LogP contribution in [0, 0.1) is 11.3 Å². The molecule has 0 aromatic heterocycles. The number of nitrogens with zero attached hydrogens (tertiary/aromatic N) is 3. The van der Waals surface area contributed by atoms with Gasteiger partial charge in [-0.2, -0.15) is 5.26 Å². The summed E-state index contributed by atoms with van der Waals surface area (Å²) in [7, 11) is 0. The number of benzene rings is 1. The predicted octanol–water partition coefficient (Wildman–Crippen LogP) is 0.327. The van der Waals surface area contributed by atoms with Crippen molar-refractivity contribution >= 4 is 12.0 Å². The number of morpholine rings is 1. The zero-order chi connectivity index (χ0) is 18.4. The number of nitriles is 1. The molecule has 2 aliphatic heterocycles. The lowest BCUT2D eigenvalue weighted by molar-refractivity contribution is -0.125. The minimum absolute atomic E-state index is 0.0418. The Bertz CT molecular complexity index is 697. The van der Waals surface area contributed by atoms with Crippen molar-refractivity contribution in [2.24, 2.45) is 0 Å². The number of amides is 2. The zero-order valence-corrected chi connectivity index (χ0v) is 14.5.